The lowest BCUT2D eigenvalue weighted by atomic mass is 11.0. The molecule has 0 N–H and O–H groups in total. The first kappa shape index (κ1) is 10.5. The lowest BCUT2D eigenvalue weighted by molar-refractivity contribution is 0.347. The van der Waals surface area contributed by atoms with Gasteiger partial charge in [0, 0.05) is 0 Å². The summed E-state index contributed by atoms with van der Waals surface area (Å²) in [5.74, 6) is 0. The minimum absolute atomic E-state index is 0.493. The quantitative estimate of drug-likeness (QED) is 0.393. The molecule has 1 saturated heterocycles. The first-order valence-electron chi connectivity index (χ1n) is 3.07. The van der Waals surface area contributed by atoms with Crippen LogP contribution < -0.4 is 0 Å². The van der Waals surface area contributed by atoms with E-state index >= 15 is 0 Å². The van der Waals surface area contributed by atoms with Crippen LogP contribution in [0.4, 0.5) is 0 Å². The maximum Gasteiger partial charge on any atom is 0.286 e. The van der Waals surface area contributed by atoms with Gasteiger partial charge >= 0.3 is 0 Å². The molecule has 0 saturated carbocycles. The van der Waals surface area contributed by atoms with Gasteiger partial charge in [0.1, 0.15) is 0 Å². The molecule has 0 amide bonds. The Morgan fingerprint density at radius 3 is 1.10 bits per heavy atom. The fraction of sp³-hybridized carbons (Fsp3) is 1.00. The van der Waals surface area contributed by atoms with Crippen molar-refractivity contribution in [1.82, 2.24) is 4.90 Å². The van der Waals surface area contributed by atoms with Gasteiger partial charge in [0.2, 0.25) is 0 Å². The van der Waals surface area contributed by atoms with Gasteiger partial charge in [-0.25, -0.2) is 0 Å². The summed E-state index contributed by atoms with van der Waals surface area (Å²) in [7, 11) is 4.52. The molecule has 4 nitrogen and oxygen atoms in total. The highest BCUT2D eigenvalue weighted by Gasteiger charge is 1.96. The molecule has 1 rings (SSSR count). The van der Waals surface area contributed by atoms with E-state index in [-0.39, 0.29) is 0 Å². The smallest absolute Gasteiger partial charge is 0.286 e. The molecule has 1 aliphatic heterocycles. The molecule has 1 heterocycles. The molecule has 0 aliphatic carbocycles. The van der Waals surface area contributed by atoms with E-state index in [9.17, 15) is 0 Å². The van der Waals surface area contributed by atoms with Crippen LogP contribution in [0.15, 0.2) is 0 Å². The molecule has 0 bridgehead atoms. The van der Waals surface area contributed by atoms with Crippen LogP contribution in [-0.4, -0.2) is 56.1 Å². The molecule has 0 aromatic carbocycles. The van der Waals surface area contributed by atoms with Crippen molar-refractivity contribution < 1.29 is 12.3 Å². The Kier molecular flexibility index (Phi) is 7.97. The van der Waals surface area contributed by atoms with Gasteiger partial charge in [0.25, 0.3) is 30.0 Å². The maximum absolute atomic E-state index is 4.94. The van der Waals surface area contributed by atoms with Crippen molar-refractivity contribution in [3.63, 3.8) is 0 Å². The maximum atomic E-state index is 4.94. The number of hydrogen-bond acceptors (Lipinski definition) is 4. The van der Waals surface area contributed by atoms with Gasteiger partial charge in [0.15, 0.2) is 0 Å². The second-order valence-electron chi connectivity index (χ2n) is 2.31. The third-order valence-electron chi connectivity index (χ3n) is 0.500. The van der Waals surface area contributed by atoms with E-state index in [1.165, 1.54) is 0 Å². The molecule has 7 heteroatoms. The third-order valence-corrected chi connectivity index (χ3v) is 4.50. The SMILES string of the molecule is CN(C)C.O1[SiH2]O[SiH2]O[SiH2]1. The van der Waals surface area contributed by atoms with Crippen molar-refractivity contribution in [2.75, 3.05) is 21.1 Å². The molecule has 10 heavy (non-hydrogen) atoms. The normalized spacial score (nSPS) is 25.2. The van der Waals surface area contributed by atoms with Gasteiger partial charge in [0.05, 0.1) is 0 Å². The van der Waals surface area contributed by atoms with E-state index in [4.69, 9.17) is 12.3 Å². The molecule has 0 aromatic heterocycles. The zero-order valence-electron chi connectivity index (χ0n) is 6.79. The van der Waals surface area contributed by atoms with Crippen LogP contribution in [0.5, 0.6) is 0 Å². The van der Waals surface area contributed by atoms with Crippen molar-refractivity contribution in [3.8, 4) is 0 Å². The van der Waals surface area contributed by atoms with Crippen molar-refractivity contribution in [1.29, 1.82) is 0 Å². The molecular weight excluding hydrogens is 182 g/mol. The van der Waals surface area contributed by atoms with E-state index in [0.717, 1.165) is 0 Å². The molecule has 0 unspecified atom stereocenters. The first-order valence-corrected chi connectivity index (χ1v) is 6.54. The van der Waals surface area contributed by atoms with E-state index in [1.807, 2.05) is 26.0 Å². The lowest BCUT2D eigenvalue weighted by Crippen LogP contribution is -2.23. The highest BCUT2D eigenvalue weighted by atomic mass is 28.4. The summed E-state index contributed by atoms with van der Waals surface area (Å²) in [6, 6.07) is 0. The molecule has 0 radical (unpaired) electrons. The van der Waals surface area contributed by atoms with E-state index in [2.05, 4.69) is 0 Å². The van der Waals surface area contributed by atoms with Gasteiger partial charge < -0.3 is 17.2 Å². The standard InChI is InChI=1S/C3H9N.H6O3Si3/c1-4(2)3;1-4-2-6-3-5-1/h1-3H3;4-6H2. The highest BCUT2D eigenvalue weighted by molar-refractivity contribution is 6.50. The fourth-order valence-electron chi connectivity index (χ4n) is 0.279. The molecular formula is C3H15NO3Si3. The summed E-state index contributed by atoms with van der Waals surface area (Å²) in [5.41, 5.74) is 0. The zero-order valence-corrected chi connectivity index (χ0v) is 11.0. The minimum atomic E-state index is -0.493. The van der Waals surface area contributed by atoms with Crippen molar-refractivity contribution in [2.24, 2.45) is 0 Å². The Bertz CT molecular complexity index is 55.7. The van der Waals surface area contributed by atoms with Crippen LogP contribution in [0.1, 0.15) is 0 Å². The number of rotatable bonds is 0. The summed E-state index contributed by atoms with van der Waals surface area (Å²) in [5, 5.41) is 0. The summed E-state index contributed by atoms with van der Waals surface area (Å²) in [6.45, 7) is 0. The summed E-state index contributed by atoms with van der Waals surface area (Å²) >= 11 is 0. The van der Waals surface area contributed by atoms with Crippen molar-refractivity contribution >= 4 is 30.0 Å². The largest absolute Gasteiger partial charge is 0.425 e. The summed E-state index contributed by atoms with van der Waals surface area (Å²) in [6.07, 6.45) is 0. The molecule has 0 spiro atoms. The van der Waals surface area contributed by atoms with Crippen LogP contribution in [-0.2, 0) is 12.3 Å². The van der Waals surface area contributed by atoms with E-state index in [0.29, 0.717) is 0 Å². The average molecular weight is 197 g/mol. The summed E-state index contributed by atoms with van der Waals surface area (Å²) in [4.78, 5) is 2.00. The van der Waals surface area contributed by atoms with Gasteiger partial charge in [-0.15, -0.1) is 0 Å². The number of hydrogen-bond donors (Lipinski definition) is 0. The molecule has 1 aliphatic rings. The highest BCUT2D eigenvalue weighted by Crippen LogP contribution is 1.78. The Balaban J connectivity index is 0.000000180. The van der Waals surface area contributed by atoms with Crippen molar-refractivity contribution in [3.05, 3.63) is 0 Å². The van der Waals surface area contributed by atoms with Crippen LogP contribution in [0, 0.1) is 0 Å². The van der Waals surface area contributed by atoms with Crippen LogP contribution in [0.3, 0.4) is 0 Å². The van der Waals surface area contributed by atoms with E-state index in [1.54, 1.807) is 0 Å². The Morgan fingerprint density at radius 1 is 0.800 bits per heavy atom. The van der Waals surface area contributed by atoms with Crippen LogP contribution in [0.2, 0.25) is 0 Å². The van der Waals surface area contributed by atoms with Crippen molar-refractivity contribution in [2.45, 2.75) is 0 Å². The lowest BCUT2D eigenvalue weighted by Gasteiger charge is -2.10. The van der Waals surface area contributed by atoms with Gasteiger partial charge in [-0.3, -0.25) is 0 Å². The Labute approximate surface area is 69.0 Å². The van der Waals surface area contributed by atoms with Gasteiger partial charge in [-0.1, -0.05) is 0 Å². The van der Waals surface area contributed by atoms with Gasteiger partial charge in [-0.05, 0) is 21.1 Å². The molecule has 0 atom stereocenters. The summed E-state index contributed by atoms with van der Waals surface area (Å²) < 4.78 is 14.8. The Morgan fingerprint density at radius 2 is 1.00 bits per heavy atom. The average Bonchev–Trinajstić information content (AvgIpc) is 1.90. The van der Waals surface area contributed by atoms with Crippen LogP contribution >= 0.6 is 0 Å². The second kappa shape index (κ2) is 7.60. The van der Waals surface area contributed by atoms with Crippen LogP contribution in [0.25, 0.3) is 0 Å². The fourth-order valence-corrected chi connectivity index (χ4v) is 5.69. The topological polar surface area (TPSA) is 30.9 Å². The first-order chi connectivity index (χ1) is 4.73. The Hall–Kier alpha value is 0.491. The van der Waals surface area contributed by atoms with E-state index < -0.39 is 30.0 Å². The molecule has 62 valence electrons. The predicted molar refractivity (Wildman–Crippen MR) is 48.5 cm³/mol. The molecule has 1 fully saturated rings. The third kappa shape index (κ3) is 11.3. The predicted octanol–water partition coefficient (Wildman–Crippen LogP) is -2.78. The second-order valence-corrected chi connectivity index (χ2v) is 7.91. The number of nitrogens with zero attached hydrogens (tertiary/aromatic N) is 1. The zero-order chi connectivity index (χ0) is 7.82. The monoisotopic (exact) mass is 197 g/mol. The minimum Gasteiger partial charge on any atom is -0.425 e. The van der Waals surface area contributed by atoms with Gasteiger partial charge in [-0.2, -0.15) is 0 Å². The molecule has 0 aromatic rings.